The Kier molecular flexibility index (Phi) is 5.34. The highest BCUT2D eigenvalue weighted by Gasteiger charge is 2.12. The summed E-state index contributed by atoms with van der Waals surface area (Å²) >= 11 is 5.90. The molecule has 0 unspecified atom stereocenters. The maximum atomic E-state index is 11.1. The number of anilines is 2. The van der Waals surface area contributed by atoms with Crippen LogP contribution in [0.5, 0.6) is 5.75 Å². The Morgan fingerprint density at radius 3 is 2.78 bits per heavy atom. The van der Waals surface area contributed by atoms with Gasteiger partial charge in [-0.15, -0.1) is 0 Å². The van der Waals surface area contributed by atoms with E-state index >= 15 is 0 Å². The van der Waals surface area contributed by atoms with E-state index in [4.69, 9.17) is 11.6 Å². The number of hydrogen-bond donors (Lipinski definition) is 2. The zero-order valence-electron chi connectivity index (χ0n) is 14.4. The van der Waals surface area contributed by atoms with Crippen molar-refractivity contribution in [3.63, 3.8) is 0 Å². The molecule has 6 nitrogen and oxygen atoms in total. The van der Waals surface area contributed by atoms with Gasteiger partial charge in [-0.25, -0.2) is 9.97 Å². The molecule has 0 amide bonds. The first kappa shape index (κ1) is 18.4. The SMILES string of the molecule is Cc1cc(C=O)cc(Cc2cc(C#N)ccc2Nc2nccc(Cl)n2)c1O. The Morgan fingerprint density at radius 1 is 1.26 bits per heavy atom. The van der Waals surface area contributed by atoms with Crippen LogP contribution in [0.25, 0.3) is 0 Å². The normalized spacial score (nSPS) is 10.3. The van der Waals surface area contributed by atoms with Crippen molar-refractivity contribution in [1.29, 1.82) is 5.26 Å². The molecule has 0 aliphatic heterocycles. The van der Waals surface area contributed by atoms with E-state index in [0.29, 0.717) is 45.5 Å². The predicted molar refractivity (Wildman–Crippen MR) is 103 cm³/mol. The molecule has 0 radical (unpaired) electrons. The van der Waals surface area contributed by atoms with Crippen LogP contribution < -0.4 is 5.32 Å². The zero-order chi connectivity index (χ0) is 19.4. The molecule has 1 aromatic heterocycles. The fourth-order valence-electron chi connectivity index (χ4n) is 2.74. The summed E-state index contributed by atoms with van der Waals surface area (Å²) in [5, 5.41) is 23.0. The van der Waals surface area contributed by atoms with Crippen LogP contribution in [0, 0.1) is 18.3 Å². The number of aldehydes is 1. The first-order chi connectivity index (χ1) is 13.0. The number of nitrogens with zero attached hydrogens (tertiary/aromatic N) is 3. The second-order valence-electron chi connectivity index (χ2n) is 5.95. The minimum atomic E-state index is 0.118. The molecule has 3 aromatic rings. The molecule has 27 heavy (non-hydrogen) atoms. The highest BCUT2D eigenvalue weighted by molar-refractivity contribution is 6.29. The Morgan fingerprint density at radius 2 is 2.07 bits per heavy atom. The maximum Gasteiger partial charge on any atom is 0.228 e. The second kappa shape index (κ2) is 7.85. The van der Waals surface area contributed by atoms with E-state index in [0.717, 1.165) is 11.8 Å². The number of hydrogen-bond acceptors (Lipinski definition) is 6. The minimum absolute atomic E-state index is 0.118. The average molecular weight is 379 g/mol. The van der Waals surface area contributed by atoms with E-state index in [2.05, 4.69) is 21.4 Å². The van der Waals surface area contributed by atoms with Gasteiger partial charge in [0.15, 0.2) is 0 Å². The summed E-state index contributed by atoms with van der Waals surface area (Å²) in [6.07, 6.45) is 2.58. The number of benzene rings is 2. The lowest BCUT2D eigenvalue weighted by molar-refractivity contribution is 0.112. The van der Waals surface area contributed by atoms with Crippen LogP contribution in [0.2, 0.25) is 5.15 Å². The summed E-state index contributed by atoms with van der Waals surface area (Å²) in [6.45, 7) is 1.73. The molecule has 0 spiro atoms. The van der Waals surface area contributed by atoms with Crippen molar-refractivity contribution in [3.05, 3.63) is 75.6 Å². The third-order valence-electron chi connectivity index (χ3n) is 4.02. The van der Waals surface area contributed by atoms with Crippen LogP contribution in [0.3, 0.4) is 0 Å². The molecule has 3 rings (SSSR count). The van der Waals surface area contributed by atoms with Gasteiger partial charge in [0.1, 0.15) is 17.2 Å². The molecule has 0 aliphatic rings. The number of nitrogens with one attached hydrogen (secondary N) is 1. The van der Waals surface area contributed by atoms with E-state index in [1.54, 1.807) is 43.3 Å². The molecule has 1 heterocycles. The number of aromatic nitrogens is 2. The fraction of sp³-hybridized carbons (Fsp3) is 0.100. The molecule has 0 saturated carbocycles. The first-order valence-electron chi connectivity index (χ1n) is 8.06. The fourth-order valence-corrected chi connectivity index (χ4v) is 2.88. The van der Waals surface area contributed by atoms with Crippen molar-refractivity contribution >= 4 is 29.5 Å². The largest absolute Gasteiger partial charge is 0.507 e. The van der Waals surface area contributed by atoms with Gasteiger partial charge < -0.3 is 10.4 Å². The van der Waals surface area contributed by atoms with Crippen LogP contribution in [0.15, 0.2) is 42.6 Å². The Hall–Kier alpha value is -3.43. The van der Waals surface area contributed by atoms with Gasteiger partial charge in [0.05, 0.1) is 11.6 Å². The van der Waals surface area contributed by atoms with Gasteiger partial charge >= 0.3 is 0 Å². The van der Waals surface area contributed by atoms with Crippen molar-refractivity contribution in [1.82, 2.24) is 9.97 Å². The van der Waals surface area contributed by atoms with Crippen LogP contribution in [-0.2, 0) is 6.42 Å². The molecule has 0 saturated heterocycles. The van der Waals surface area contributed by atoms with Gasteiger partial charge in [-0.1, -0.05) is 11.6 Å². The molecule has 2 aromatic carbocycles. The Bertz CT molecular complexity index is 1060. The lowest BCUT2D eigenvalue weighted by Crippen LogP contribution is -2.02. The standard InChI is InChI=1S/C20H15ClN4O2/c1-12-6-14(11-26)8-16(19(12)27)9-15-7-13(10-22)2-3-17(15)24-20-23-5-4-18(21)25-20/h2-8,11,27H,9H2,1H3,(H,23,24,25). The van der Waals surface area contributed by atoms with Crippen molar-refractivity contribution in [2.75, 3.05) is 5.32 Å². The number of phenols is 1. The summed E-state index contributed by atoms with van der Waals surface area (Å²) in [5.74, 6) is 0.434. The number of rotatable bonds is 5. The number of carbonyl (C=O) groups is 1. The second-order valence-corrected chi connectivity index (χ2v) is 6.34. The highest BCUT2D eigenvalue weighted by Crippen LogP contribution is 2.30. The number of aryl methyl sites for hydroxylation is 1. The van der Waals surface area contributed by atoms with Gasteiger partial charge in [0.25, 0.3) is 0 Å². The number of carbonyl (C=O) groups excluding carboxylic acids is 1. The topological polar surface area (TPSA) is 98.9 Å². The number of nitriles is 1. The molecular formula is C20H15ClN4O2. The summed E-state index contributed by atoms with van der Waals surface area (Å²) < 4.78 is 0. The number of phenolic OH excluding ortho intramolecular Hbond substituents is 1. The molecule has 134 valence electrons. The van der Waals surface area contributed by atoms with E-state index in [-0.39, 0.29) is 5.75 Å². The number of aromatic hydroxyl groups is 1. The molecule has 0 bridgehead atoms. The quantitative estimate of drug-likeness (QED) is 0.510. The van der Waals surface area contributed by atoms with Gasteiger partial charge in [-0.2, -0.15) is 5.26 Å². The molecule has 0 fully saturated rings. The van der Waals surface area contributed by atoms with Crippen molar-refractivity contribution in [2.45, 2.75) is 13.3 Å². The molecular weight excluding hydrogens is 364 g/mol. The Labute approximate surface area is 161 Å². The van der Waals surface area contributed by atoms with E-state index in [9.17, 15) is 15.2 Å². The van der Waals surface area contributed by atoms with Gasteiger partial charge in [-0.05, 0) is 60.0 Å². The van der Waals surface area contributed by atoms with Gasteiger partial charge in [0, 0.05) is 23.9 Å². The first-order valence-corrected chi connectivity index (χ1v) is 8.44. The lowest BCUT2D eigenvalue weighted by Gasteiger charge is -2.14. The summed E-state index contributed by atoms with van der Waals surface area (Å²) in [5.41, 5.74) is 3.57. The molecule has 2 N–H and O–H groups in total. The van der Waals surface area contributed by atoms with Crippen LogP contribution >= 0.6 is 11.6 Å². The van der Waals surface area contributed by atoms with E-state index < -0.39 is 0 Å². The van der Waals surface area contributed by atoms with Crippen LogP contribution in [0.4, 0.5) is 11.6 Å². The van der Waals surface area contributed by atoms with Crippen molar-refractivity contribution in [2.24, 2.45) is 0 Å². The molecule has 7 heteroatoms. The minimum Gasteiger partial charge on any atom is -0.507 e. The van der Waals surface area contributed by atoms with E-state index in [1.807, 2.05) is 0 Å². The zero-order valence-corrected chi connectivity index (χ0v) is 15.2. The molecule has 0 atom stereocenters. The van der Waals surface area contributed by atoms with E-state index in [1.165, 1.54) is 6.20 Å². The summed E-state index contributed by atoms with van der Waals surface area (Å²) in [6, 6.07) is 12.1. The number of halogens is 1. The third kappa shape index (κ3) is 4.22. The van der Waals surface area contributed by atoms with Gasteiger partial charge in [0.2, 0.25) is 5.95 Å². The van der Waals surface area contributed by atoms with Crippen LogP contribution in [0.1, 0.15) is 32.6 Å². The summed E-state index contributed by atoms with van der Waals surface area (Å²) in [4.78, 5) is 19.4. The monoisotopic (exact) mass is 378 g/mol. The molecule has 0 aliphatic carbocycles. The van der Waals surface area contributed by atoms with Crippen molar-refractivity contribution in [3.8, 4) is 11.8 Å². The lowest BCUT2D eigenvalue weighted by atomic mass is 9.97. The Balaban J connectivity index is 2.03. The van der Waals surface area contributed by atoms with Crippen molar-refractivity contribution < 1.29 is 9.90 Å². The smallest absolute Gasteiger partial charge is 0.228 e. The van der Waals surface area contributed by atoms with Gasteiger partial charge in [-0.3, -0.25) is 4.79 Å². The van der Waals surface area contributed by atoms with Crippen LogP contribution in [-0.4, -0.2) is 21.4 Å². The average Bonchev–Trinajstić information content (AvgIpc) is 2.66. The predicted octanol–water partition coefficient (Wildman–Crippen LogP) is 4.16. The summed E-state index contributed by atoms with van der Waals surface area (Å²) in [7, 11) is 0. The maximum absolute atomic E-state index is 11.1. The highest BCUT2D eigenvalue weighted by atomic mass is 35.5. The third-order valence-corrected chi connectivity index (χ3v) is 4.23.